The summed E-state index contributed by atoms with van der Waals surface area (Å²) in [6.45, 7) is 0.295. The Morgan fingerprint density at radius 2 is 1.96 bits per heavy atom. The summed E-state index contributed by atoms with van der Waals surface area (Å²) in [5, 5.41) is 4.60. The first-order valence-corrected chi connectivity index (χ1v) is 8.25. The van der Waals surface area contributed by atoms with E-state index in [0.717, 1.165) is 10.9 Å². The quantitative estimate of drug-likeness (QED) is 0.690. The maximum absolute atomic E-state index is 12.4. The van der Waals surface area contributed by atoms with Crippen molar-refractivity contribution in [1.82, 2.24) is 10.3 Å². The molecule has 0 fully saturated rings. The van der Waals surface area contributed by atoms with Gasteiger partial charge in [-0.3, -0.25) is 4.79 Å². The van der Waals surface area contributed by atoms with E-state index in [1.165, 1.54) is 0 Å². The molecule has 0 unspecified atom stereocenters. The van der Waals surface area contributed by atoms with E-state index in [9.17, 15) is 4.79 Å². The van der Waals surface area contributed by atoms with Crippen LogP contribution in [0.3, 0.4) is 0 Å². The number of benzene rings is 2. The molecule has 0 aliphatic heterocycles. The van der Waals surface area contributed by atoms with Gasteiger partial charge in [0.2, 0.25) is 0 Å². The van der Waals surface area contributed by atoms with Crippen LogP contribution in [0.15, 0.2) is 36.4 Å². The number of methoxy groups -OCH3 is 2. The molecule has 3 aromatic rings. The second-order valence-corrected chi connectivity index (χ2v) is 6.21. The third-order valence-corrected chi connectivity index (χ3v) is 4.35. The average Bonchev–Trinajstić information content (AvgIpc) is 3.03. The highest BCUT2D eigenvalue weighted by molar-refractivity contribution is 6.38. The van der Waals surface area contributed by atoms with Gasteiger partial charge < -0.3 is 19.8 Å². The van der Waals surface area contributed by atoms with Gasteiger partial charge in [0.15, 0.2) is 11.5 Å². The molecule has 0 saturated heterocycles. The molecule has 0 aliphatic carbocycles. The zero-order valence-corrected chi connectivity index (χ0v) is 15.2. The number of amides is 1. The summed E-state index contributed by atoms with van der Waals surface area (Å²) in [6.07, 6.45) is 0. The van der Waals surface area contributed by atoms with Crippen LogP contribution >= 0.6 is 23.2 Å². The van der Waals surface area contributed by atoms with Gasteiger partial charge in [-0.1, -0.05) is 35.3 Å². The van der Waals surface area contributed by atoms with E-state index < -0.39 is 0 Å². The van der Waals surface area contributed by atoms with Gasteiger partial charge in [-0.25, -0.2) is 0 Å². The van der Waals surface area contributed by atoms with Crippen molar-refractivity contribution in [2.75, 3.05) is 14.2 Å². The molecule has 3 rings (SSSR count). The van der Waals surface area contributed by atoms with Gasteiger partial charge in [0.1, 0.15) is 5.69 Å². The highest BCUT2D eigenvalue weighted by atomic mass is 35.5. The van der Waals surface area contributed by atoms with E-state index in [4.69, 9.17) is 32.7 Å². The molecule has 0 radical (unpaired) electrons. The number of halogens is 2. The van der Waals surface area contributed by atoms with Crippen LogP contribution in [0, 0.1) is 0 Å². The number of carbonyl (C=O) groups is 1. The van der Waals surface area contributed by atoms with E-state index in [1.807, 2.05) is 12.1 Å². The van der Waals surface area contributed by atoms with Gasteiger partial charge in [0.25, 0.3) is 5.91 Å². The number of para-hydroxylation sites is 1. The Balaban J connectivity index is 1.81. The van der Waals surface area contributed by atoms with Crippen molar-refractivity contribution in [2.24, 2.45) is 0 Å². The minimum absolute atomic E-state index is 0.256. The number of aromatic nitrogens is 1. The number of hydrogen-bond donors (Lipinski definition) is 2. The number of nitrogens with one attached hydrogen (secondary N) is 2. The third-order valence-electron chi connectivity index (χ3n) is 3.82. The van der Waals surface area contributed by atoms with Gasteiger partial charge in [0, 0.05) is 28.0 Å². The van der Waals surface area contributed by atoms with Crippen LogP contribution in [0.2, 0.25) is 10.0 Å². The van der Waals surface area contributed by atoms with Crippen molar-refractivity contribution in [3.63, 3.8) is 0 Å². The Labute approximate surface area is 154 Å². The van der Waals surface area contributed by atoms with Crippen molar-refractivity contribution in [2.45, 2.75) is 6.54 Å². The van der Waals surface area contributed by atoms with Crippen LogP contribution in [-0.4, -0.2) is 25.1 Å². The minimum atomic E-state index is -0.256. The van der Waals surface area contributed by atoms with E-state index in [0.29, 0.717) is 39.3 Å². The lowest BCUT2D eigenvalue weighted by Gasteiger charge is -2.12. The van der Waals surface area contributed by atoms with Crippen molar-refractivity contribution in [3.05, 3.63) is 57.7 Å². The number of rotatable bonds is 5. The fraction of sp³-hybridized carbons (Fsp3) is 0.167. The largest absolute Gasteiger partial charge is 0.493 e. The Morgan fingerprint density at radius 1 is 1.16 bits per heavy atom. The smallest absolute Gasteiger partial charge is 0.267 e. The van der Waals surface area contributed by atoms with Gasteiger partial charge in [0.05, 0.1) is 19.2 Å². The highest BCUT2D eigenvalue weighted by Gasteiger charge is 2.14. The molecule has 1 heterocycles. The first-order valence-electron chi connectivity index (χ1n) is 7.49. The van der Waals surface area contributed by atoms with Crippen LogP contribution in [0.4, 0.5) is 0 Å². The molecule has 0 saturated carbocycles. The summed E-state index contributed by atoms with van der Waals surface area (Å²) >= 11 is 12.1. The number of ether oxygens (including phenoxy) is 2. The maximum atomic E-state index is 12.4. The van der Waals surface area contributed by atoms with Crippen LogP contribution in [0.5, 0.6) is 11.5 Å². The van der Waals surface area contributed by atoms with Crippen LogP contribution in [-0.2, 0) is 6.54 Å². The number of fused-ring (bicyclic) bond motifs is 1. The van der Waals surface area contributed by atoms with Crippen molar-refractivity contribution < 1.29 is 14.3 Å². The van der Waals surface area contributed by atoms with Crippen LogP contribution < -0.4 is 14.8 Å². The molecule has 0 atom stereocenters. The topological polar surface area (TPSA) is 63.3 Å². The van der Waals surface area contributed by atoms with Crippen LogP contribution in [0.1, 0.15) is 16.1 Å². The molecule has 25 heavy (non-hydrogen) atoms. The lowest BCUT2D eigenvalue weighted by molar-refractivity contribution is 0.0946. The number of carbonyl (C=O) groups excluding carboxylic acids is 1. The molecule has 7 heteroatoms. The molecule has 2 N–H and O–H groups in total. The fourth-order valence-electron chi connectivity index (χ4n) is 2.65. The maximum Gasteiger partial charge on any atom is 0.267 e. The summed E-state index contributed by atoms with van der Waals surface area (Å²) in [4.78, 5) is 15.5. The fourth-order valence-corrected chi connectivity index (χ4v) is 3.19. The summed E-state index contributed by atoms with van der Waals surface area (Å²) < 4.78 is 10.6. The lowest BCUT2D eigenvalue weighted by atomic mass is 10.2. The molecule has 0 aliphatic rings. The van der Waals surface area contributed by atoms with Gasteiger partial charge in [-0.05, 0) is 24.3 Å². The predicted molar refractivity (Wildman–Crippen MR) is 99.0 cm³/mol. The highest BCUT2D eigenvalue weighted by Crippen LogP contribution is 2.31. The lowest BCUT2D eigenvalue weighted by Crippen LogP contribution is -2.23. The zero-order valence-electron chi connectivity index (χ0n) is 13.7. The molecule has 130 valence electrons. The van der Waals surface area contributed by atoms with Crippen LogP contribution in [0.25, 0.3) is 10.9 Å². The molecule has 1 amide bonds. The van der Waals surface area contributed by atoms with Gasteiger partial charge >= 0.3 is 0 Å². The van der Waals surface area contributed by atoms with Crippen molar-refractivity contribution in [3.8, 4) is 11.5 Å². The molecule has 5 nitrogen and oxygen atoms in total. The number of hydrogen-bond acceptors (Lipinski definition) is 3. The summed E-state index contributed by atoms with van der Waals surface area (Å²) in [7, 11) is 3.13. The Bertz CT molecular complexity index is 937. The summed E-state index contributed by atoms with van der Waals surface area (Å²) in [6, 6.07) is 10.6. The zero-order chi connectivity index (χ0) is 18.0. The van der Waals surface area contributed by atoms with E-state index in [2.05, 4.69) is 10.3 Å². The Morgan fingerprint density at radius 3 is 2.68 bits per heavy atom. The Kier molecular flexibility index (Phi) is 5.06. The van der Waals surface area contributed by atoms with Gasteiger partial charge in [-0.15, -0.1) is 0 Å². The predicted octanol–water partition coefficient (Wildman–Crippen LogP) is 4.42. The van der Waals surface area contributed by atoms with E-state index in [-0.39, 0.29) is 5.91 Å². The van der Waals surface area contributed by atoms with Gasteiger partial charge in [-0.2, -0.15) is 0 Å². The molecular weight excluding hydrogens is 363 g/mol. The third kappa shape index (κ3) is 3.52. The second-order valence-electron chi connectivity index (χ2n) is 5.37. The molecule has 1 aromatic heterocycles. The average molecular weight is 379 g/mol. The standard InChI is InChI=1S/C18H16Cl2N2O3/c1-24-16-5-3-4-10(17(16)25-2)9-21-18(23)15-8-12-13(20)6-11(19)7-14(12)22-15/h3-8,22H,9H2,1-2H3,(H,21,23). The second kappa shape index (κ2) is 7.25. The van der Waals surface area contributed by atoms with E-state index in [1.54, 1.807) is 38.5 Å². The Hall–Kier alpha value is -2.37. The first-order chi connectivity index (χ1) is 12.0. The van der Waals surface area contributed by atoms with E-state index >= 15 is 0 Å². The summed E-state index contributed by atoms with van der Waals surface area (Å²) in [5.74, 6) is 0.950. The SMILES string of the molecule is COc1cccc(CNC(=O)c2cc3c(Cl)cc(Cl)cc3[nH]2)c1OC. The molecular formula is C18H16Cl2N2O3. The molecule has 0 bridgehead atoms. The minimum Gasteiger partial charge on any atom is -0.493 e. The van der Waals surface area contributed by atoms with Crippen molar-refractivity contribution >= 4 is 40.0 Å². The monoisotopic (exact) mass is 378 g/mol. The van der Waals surface area contributed by atoms with Crippen molar-refractivity contribution in [1.29, 1.82) is 0 Å². The normalized spacial score (nSPS) is 10.7. The number of aromatic amines is 1. The first kappa shape index (κ1) is 17.5. The molecule has 2 aromatic carbocycles. The number of H-pyrrole nitrogens is 1. The molecule has 0 spiro atoms. The summed E-state index contributed by atoms with van der Waals surface area (Å²) in [5.41, 5.74) is 1.93.